The predicted octanol–water partition coefficient (Wildman–Crippen LogP) is 4.25. The average molecular weight is 462 g/mol. The Balaban J connectivity index is 2.07. The lowest BCUT2D eigenvalue weighted by atomic mass is 9.95. The highest BCUT2D eigenvalue weighted by Crippen LogP contribution is 2.21. The van der Waals surface area contributed by atoms with Gasteiger partial charge in [0.05, 0.1) is 0 Å². The molecule has 1 aromatic rings. The molecular weight excluding hydrogens is 421 g/mol. The van der Waals surface area contributed by atoms with Crippen LogP contribution in [0.4, 0.5) is 4.39 Å². The molecule has 6 nitrogen and oxygen atoms in total. The van der Waals surface area contributed by atoms with E-state index < -0.39 is 17.8 Å². The summed E-state index contributed by atoms with van der Waals surface area (Å²) in [5, 5.41) is 2.87. The molecule has 0 bridgehead atoms. The summed E-state index contributed by atoms with van der Waals surface area (Å²) in [6.07, 6.45) is 4.58. The third-order valence-electron chi connectivity index (χ3n) is 6.84. The van der Waals surface area contributed by atoms with Crippen LogP contribution in [0, 0.1) is 17.7 Å². The van der Waals surface area contributed by atoms with E-state index in [1.165, 1.54) is 24.3 Å². The van der Waals surface area contributed by atoms with Crippen molar-refractivity contribution < 1.29 is 18.8 Å². The zero-order valence-electron chi connectivity index (χ0n) is 20.8. The van der Waals surface area contributed by atoms with E-state index >= 15 is 0 Å². The van der Waals surface area contributed by atoms with Crippen molar-refractivity contribution in [3.8, 4) is 0 Å². The Bertz CT molecular complexity index is 798. The summed E-state index contributed by atoms with van der Waals surface area (Å²) < 4.78 is 13.2. The second-order valence-corrected chi connectivity index (χ2v) is 9.26. The van der Waals surface area contributed by atoms with Gasteiger partial charge in [0.1, 0.15) is 11.9 Å². The molecule has 1 N–H and O–H groups in total. The summed E-state index contributed by atoms with van der Waals surface area (Å²) in [6, 6.07) is 4.55. The quantitative estimate of drug-likeness (QED) is 0.566. The maximum atomic E-state index is 13.4. The molecule has 1 aliphatic heterocycles. The fourth-order valence-electron chi connectivity index (χ4n) is 4.38. The molecule has 1 aromatic carbocycles. The van der Waals surface area contributed by atoms with Crippen LogP contribution in [0.15, 0.2) is 24.3 Å². The fourth-order valence-corrected chi connectivity index (χ4v) is 4.38. The van der Waals surface area contributed by atoms with Gasteiger partial charge in [-0.3, -0.25) is 14.4 Å². The first-order valence-electron chi connectivity index (χ1n) is 12.4. The minimum absolute atomic E-state index is 0.0394. The van der Waals surface area contributed by atoms with E-state index in [4.69, 9.17) is 0 Å². The van der Waals surface area contributed by atoms with Crippen LogP contribution in [0.5, 0.6) is 0 Å². The van der Waals surface area contributed by atoms with Crippen molar-refractivity contribution in [2.45, 2.75) is 78.8 Å². The minimum atomic E-state index is -0.671. The number of amides is 3. The van der Waals surface area contributed by atoms with Gasteiger partial charge in [-0.25, -0.2) is 4.39 Å². The van der Waals surface area contributed by atoms with E-state index in [-0.39, 0.29) is 29.7 Å². The largest absolute Gasteiger partial charge is 0.340 e. The Morgan fingerprint density at radius 2 is 1.73 bits per heavy atom. The van der Waals surface area contributed by atoms with Gasteiger partial charge < -0.3 is 15.1 Å². The number of hydrogen-bond acceptors (Lipinski definition) is 3. The zero-order valence-corrected chi connectivity index (χ0v) is 20.8. The molecule has 3 amide bonds. The third kappa shape index (κ3) is 7.02. The Kier molecular flexibility index (Phi) is 10.3. The summed E-state index contributed by atoms with van der Waals surface area (Å²) >= 11 is 0. The minimum Gasteiger partial charge on any atom is -0.340 e. The number of carbonyl (C=O) groups is 3. The summed E-state index contributed by atoms with van der Waals surface area (Å²) in [5.41, 5.74) is 0.318. The number of carbonyl (C=O) groups excluding carboxylic acids is 3. The summed E-state index contributed by atoms with van der Waals surface area (Å²) in [5.74, 6) is -0.766. The van der Waals surface area contributed by atoms with Crippen LogP contribution in [-0.2, 0) is 9.59 Å². The van der Waals surface area contributed by atoms with E-state index in [9.17, 15) is 18.8 Å². The highest BCUT2D eigenvalue weighted by Gasteiger charge is 2.36. The van der Waals surface area contributed by atoms with Gasteiger partial charge in [-0.05, 0) is 49.9 Å². The van der Waals surface area contributed by atoms with Crippen LogP contribution in [0.2, 0.25) is 0 Å². The molecule has 1 aliphatic rings. The second kappa shape index (κ2) is 12.7. The Hall–Kier alpha value is -2.44. The van der Waals surface area contributed by atoms with Gasteiger partial charge in [0.15, 0.2) is 0 Å². The SMILES string of the molecule is CCCCC(CC)C(=O)N1CCN(C(=O)C(NC(=O)c2ccc(F)cc2)C(C)CC)CC1C. The smallest absolute Gasteiger partial charge is 0.251 e. The highest BCUT2D eigenvalue weighted by molar-refractivity contribution is 5.97. The summed E-state index contributed by atoms with van der Waals surface area (Å²) in [6.45, 7) is 11.5. The zero-order chi connectivity index (χ0) is 24.5. The number of hydrogen-bond donors (Lipinski definition) is 1. The van der Waals surface area contributed by atoms with Crippen LogP contribution in [-0.4, -0.2) is 59.2 Å². The lowest BCUT2D eigenvalue weighted by Crippen LogP contribution is -2.60. The number of piperazine rings is 1. The number of benzene rings is 1. The molecule has 1 heterocycles. The van der Waals surface area contributed by atoms with Crippen molar-refractivity contribution >= 4 is 17.7 Å². The van der Waals surface area contributed by atoms with E-state index in [0.717, 1.165) is 32.1 Å². The van der Waals surface area contributed by atoms with Gasteiger partial charge in [-0.1, -0.05) is 47.0 Å². The molecule has 0 aliphatic carbocycles. The highest BCUT2D eigenvalue weighted by atomic mass is 19.1. The van der Waals surface area contributed by atoms with Crippen molar-refractivity contribution in [2.24, 2.45) is 11.8 Å². The van der Waals surface area contributed by atoms with Crippen molar-refractivity contribution in [3.05, 3.63) is 35.6 Å². The number of nitrogens with zero attached hydrogens (tertiary/aromatic N) is 2. The maximum Gasteiger partial charge on any atom is 0.251 e. The van der Waals surface area contributed by atoms with Crippen LogP contribution in [0.25, 0.3) is 0 Å². The Morgan fingerprint density at radius 3 is 2.27 bits per heavy atom. The molecule has 4 unspecified atom stereocenters. The molecule has 184 valence electrons. The van der Waals surface area contributed by atoms with E-state index in [1.807, 2.05) is 25.7 Å². The number of unbranched alkanes of at least 4 members (excludes halogenated alkanes) is 1. The van der Waals surface area contributed by atoms with Gasteiger partial charge in [0.25, 0.3) is 5.91 Å². The Labute approximate surface area is 197 Å². The number of rotatable bonds is 10. The normalized spacial score (nSPS) is 19.0. The summed E-state index contributed by atoms with van der Waals surface area (Å²) in [4.78, 5) is 42.9. The topological polar surface area (TPSA) is 69.7 Å². The Morgan fingerprint density at radius 1 is 1.06 bits per heavy atom. The van der Waals surface area contributed by atoms with Crippen molar-refractivity contribution in [2.75, 3.05) is 19.6 Å². The molecular formula is C26H40FN3O3. The molecule has 7 heteroatoms. The molecule has 1 fully saturated rings. The van der Waals surface area contributed by atoms with Gasteiger partial charge in [-0.15, -0.1) is 0 Å². The molecule has 0 radical (unpaired) electrons. The van der Waals surface area contributed by atoms with Crippen LogP contribution < -0.4 is 5.32 Å². The predicted molar refractivity (Wildman–Crippen MR) is 128 cm³/mol. The first-order chi connectivity index (χ1) is 15.7. The van der Waals surface area contributed by atoms with Crippen LogP contribution in [0.1, 0.15) is 77.1 Å². The van der Waals surface area contributed by atoms with Crippen molar-refractivity contribution in [1.82, 2.24) is 15.1 Å². The maximum absolute atomic E-state index is 13.4. The molecule has 0 saturated carbocycles. The molecule has 2 rings (SSSR count). The molecule has 0 spiro atoms. The van der Waals surface area contributed by atoms with Gasteiger partial charge in [-0.2, -0.15) is 0 Å². The van der Waals surface area contributed by atoms with Crippen molar-refractivity contribution in [3.63, 3.8) is 0 Å². The average Bonchev–Trinajstić information content (AvgIpc) is 2.82. The van der Waals surface area contributed by atoms with E-state index in [1.54, 1.807) is 4.90 Å². The molecule has 0 aromatic heterocycles. The van der Waals surface area contributed by atoms with Crippen LogP contribution in [0.3, 0.4) is 0 Å². The standard InChI is InChI=1S/C26H40FN3O3/c1-6-9-10-20(8-3)25(32)30-16-15-29(17-19(30)5)26(33)23(18(4)7-2)28-24(31)21-11-13-22(27)14-12-21/h11-14,18-20,23H,6-10,15-17H2,1-5H3,(H,28,31). The van der Waals surface area contributed by atoms with E-state index in [2.05, 4.69) is 19.2 Å². The first kappa shape index (κ1) is 26.8. The summed E-state index contributed by atoms with van der Waals surface area (Å²) in [7, 11) is 0. The molecule has 1 saturated heterocycles. The van der Waals surface area contributed by atoms with Gasteiger partial charge in [0.2, 0.25) is 11.8 Å². The number of nitrogens with one attached hydrogen (secondary N) is 1. The van der Waals surface area contributed by atoms with Crippen molar-refractivity contribution in [1.29, 1.82) is 0 Å². The molecule has 4 atom stereocenters. The van der Waals surface area contributed by atoms with E-state index in [0.29, 0.717) is 25.2 Å². The molecule has 33 heavy (non-hydrogen) atoms. The van der Waals surface area contributed by atoms with Gasteiger partial charge in [0, 0.05) is 37.2 Å². The van der Waals surface area contributed by atoms with Gasteiger partial charge >= 0.3 is 0 Å². The fraction of sp³-hybridized carbons (Fsp3) is 0.654. The second-order valence-electron chi connectivity index (χ2n) is 9.26. The first-order valence-corrected chi connectivity index (χ1v) is 12.4. The third-order valence-corrected chi connectivity index (χ3v) is 6.84. The lowest BCUT2D eigenvalue weighted by molar-refractivity contribution is -0.146. The monoisotopic (exact) mass is 461 g/mol. The number of halogens is 1. The van der Waals surface area contributed by atoms with Crippen LogP contribution >= 0.6 is 0 Å². The lowest BCUT2D eigenvalue weighted by Gasteiger charge is -2.42.